The Morgan fingerprint density at radius 1 is 0.767 bits per heavy atom. The molecule has 1 aliphatic heterocycles. The van der Waals surface area contributed by atoms with Gasteiger partial charge in [-0.25, -0.2) is 0 Å². The van der Waals surface area contributed by atoms with Crippen LogP contribution in [0.3, 0.4) is 0 Å². The Bertz CT molecular complexity index is 753. The van der Waals surface area contributed by atoms with Crippen LogP contribution in [0.4, 0.5) is 0 Å². The molecule has 1 aliphatic carbocycles. The van der Waals surface area contributed by atoms with E-state index < -0.39 is 8.07 Å². The fourth-order valence-electron chi connectivity index (χ4n) is 6.51. The van der Waals surface area contributed by atoms with Crippen LogP contribution in [0.2, 0.25) is 23.2 Å². The van der Waals surface area contributed by atoms with E-state index in [0.717, 1.165) is 22.8 Å². The summed E-state index contributed by atoms with van der Waals surface area (Å²) in [7, 11) is -1.29. The maximum Gasteiger partial charge on any atom is 0.0867 e. The number of hydrogen-bond donors (Lipinski definition) is 0. The minimum Gasteiger partial charge on any atom is -0.0843 e. The molecule has 0 atom stereocenters. The normalized spacial score (nSPS) is 29.6. The smallest absolute Gasteiger partial charge is 0.0843 e. The molecule has 4 rings (SSSR count). The molecule has 1 heterocycles. The van der Waals surface area contributed by atoms with E-state index in [0.29, 0.717) is 0 Å². The van der Waals surface area contributed by atoms with Crippen LogP contribution in [0.5, 0.6) is 0 Å². The first-order valence-corrected chi connectivity index (χ1v) is 15.5. The third-order valence-electron chi connectivity index (χ3n) is 8.41. The molecule has 2 aliphatic rings. The van der Waals surface area contributed by atoms with Crippen molar-refractivity contribution < 1.29 is 0 Å². The fraction of sp³-hybridized carbons (Fsp3) is 0.571. The third kappa shape index (κ3) is 5.22. The van der Waals surface area contributed by atoms with E-state index in [1.807, 2.05) is 0 Å². The predicted octanol–water partition coefficient (Wildman–Crippen LogP) is 8.57. The zero-order valence-electron chi connectivity index (χ0n) is 18.8. The Morgan fingerprint density at radius 3 is 2.03 bits per heavy atom. The summed E-state index contributed by atoms with van der Waals surface area (Å²) in [5.41, 5.74) is 1.51. The molecule has 0 spiro atoms. The van der Waals surface area contributed by atoms with E-state index in [1.165, 1.54) is 69.4 Å². The van der Waals surface area contributed by atoms with Gasteiger partial charge in [-0.05, 0) is 61.1 Å². The Labute approximate surface area is 190 Å². The molecular weight excluding hydrogens is 400 g/mol. The topological polar surface area (TPSA) is 0 Å². The molecule has 0 aromatic heterocycles. The summed E-state index contributed by atoms with van der Waals surface area (Å²) in [5.74, 6) is 2.73. The maximum absolute atomic E-state index is 6.09. The summed E-state index contributed by atoms with van der Waals surface area (Å²) in [4.78, 5) is 0. The van der Waals surface area contributed by atoms with Crippen LogP contribution < -0.4 is 5.19 Å². The molecule has 0 unspecified atom stereocenters. The lowest BCUT2D eigenvalue weighted by Crippen LogP contribution is -2.50. The standard InChI is InChI=1S/C28H39ClSi/c1-2-3-7-20-30(28-8-5-4-6-9-28)21-18-26(19-22-30)24-12-10-23(11-13-24)25-14-16-27(29)17-15-25/h4-6,8-9,14-17,23-24,26H,2-3,7,10-13,18-22H2,1H3. The van der Waals surface area contributed by atoms with Crippen molar-refractivity contribution in [2.75, 3.05) is 0 Å². The SMILES string of the molecule is CCCCC[Si]1(c2ccccc2)CCC(C2CCC(c3ccc(Cl)cc3)CC2)CC1. The summed E-state index contributed by atoms with van der Waals surface area (Å²) >= 11 is 6.09. The van der Waals surface area contributed by atoms with Crippen molar-refractivity contribution in [3.8, 4) is 0 Å². The lowest BCUT2D eigenvalue weighted by atomic mass is 9.72. The highest BCUT2D eigenvalue weighted by atomic mass is 35.5. The van der Waals surface area contributed by atoms with E-state index in [4.69, 9.17) is 11.6 Å². The largest absolute Gasteiger partial charge is 0.0867 e. The molecule has 0 nitrogen and oxygen atoms in total. The summed E-state index contributed by atoms with van der Waals surface area (Å²) in [6, 6.07) is 25.0. The van der Waals surface area contributed by atoms with Crippen LogP contribution in [0.25, 0.3) is 0 Å². The highest BCUT2D eigenvalue weighted by molar-refractivity contribution is 6.92. The molecule has 1 saturated heterocycles. The second-order valence-corrected chi connectivity index (χ2v) is 15.2. The summed E-state index contributed by atoms with van der Waals surface area (Å²) in [6.07, 6.45) is 12.8. The lowest BCUT2D eigenvalue weighted by molar-refractivity contribution is 0.215. The zero-order chi connectivity index (χ0) is 20.8. The van der Waals surface area contributed by atoms with Crippen LogP contribution in [-0.4, -0.2) is 8.07 Å². The number of benzene rings is 2. The second-order valence-electron chi connectivity index (χ2n) is 10.1. The molecule has 0 radical (unpaired) electrons. The van der Waals surface area contributed by atoms with E-state index in [1.54, 1.807) is 17.3 Å². The Morgan fingerprint density at radius 2 is 1.40 bits per heavy atom. The van der Waals surface area contributed by atoms with Gasteiger partial charge in [-0.3, -0.25) is 0 Å². The number of halogens is 1. The van der Waals surface area contributed by atoms with E-state index >= 15 is 0 Å². The molecule has 2 fully saturated rings. The minimum absolute atomic E-state index is 0.758. The molecule has 162 valence electrons. The molecule has 30 heavy (non-hydrogen) atoms. The molecule has 0 N–H and O–H groups in total. The highest BCUT2D eigenvalue weighted by Gasteiger charge is 2.40. The van der Waals surface area contributed by atoms with Gasteiger partial charge in [0.25, 0.3) is 0 Å². The molecule has 2 aromatic carbocycles. The van der Waals surface area contributed by atoms with Crippen LogP contribution in [0.15, 0.2) is 54.6 Å². The molecular formula is C28H39ClSi. The average molecular weight is 439 g/mol. The molecule has 2 aromatic rings. The van der Waals surface area contributed by atoms with Crippen molar-refractivity contribution >= 4 is 24.9 Å². The number of unbranched alkanes of at least 4 members (excludes halogenated alkanes) is 2. The highest BCUT2D eigenvalue weighted by Crippen LogP contribution is 2.46. The Balaban J connectivity index is 1.34. The quantitative estimate of drug-likeness (QED) is 0.300. The molecule has 0 bridgehead atoms. The summed E-state index contributed by atoms with van der Waals surface area (Å²) < 4.78 is 0. The second kappa shape index (κ2) is 10.5. The molecule has 2 heteroatoms. The van der Waals surface area contributed by atoms with Crippen LogP contribution >= 0.6 is 11.6 Å². The van der Waals surface area contributed by atoms with Crippen molar-refractivity contribution in [3.05, 3.63) is 65.2 Å². The Hall–Kier alpha value is -1.05. The molecule has 1 saturated carbocycles. The van der Waals surface area contributed by atoms with Crippen LogP contribution in [-0.2, 0) is 0 Å². The van der Waals surface area contributed by atoms with Crippen molar-refractivity contribution in [2.45, 2.75) is 88.8 Å². The van der Waals surface area contributed by atoms with Gasteiger partial charge < -0.3 is 0 Å². The maximum atomic E-state index is 6.09. The van der Waals surface area contributed by atoms with Crippen molar-refractivity contribution in [1.82, 2.24) is 0 Å². The van der Waals surface area contributed by atoms with Gasteiger partial charge in [-0.2, -0.15) is 0 Å². The van der Waals surface area contributed by atoms with Gasteiger partial charge in [0.1, 0.15) is 0 Å². The van der Waals surface area contributed by atoms with Gasteiger partial charge in [0.05, 0.1) is 8.07 Å². The summed E-state index contributed by atoms with van der Waals surface area (Å²) in [5, 5.41) is 2.62. The summed E-state index contributed by atoms with van der Waals surface area (Å²) in [6.45, 7) is 2.34. The van der Waals surface area contributed by atoms with Crippen LogP contribution in [0.1, 0.15) is 76.2 Å². The lowest BCUT2D eigenvalue weighted by Gasteiger charge is -2.43. The van der Waals surface area contributed by atoms with Crippen LogP contribution in [0, 0.1) is 11.8 Å². The van der Waals surface area contributed by atoms with E-state index in [2.05, 4.69) is 61.5 Å². The predicted molar refractivity (Wildman–Crippen MR) is 135 cm³/mol. The number of hydrogen-bond acceptors (Lipinski definition) is 0. The van der Waals surface area contributed by atoms with Crippen molar-refractivity contribution in [1.29, 1.82) is 0 Å². The van der Waals surface area contributed by atoms with Gasteiger partial charge in [0.15, 0.2) is 0 Å². The minimum atomic E-state index is -1.29. The molecule has 0 amide bonds. The zero-order valence-corrected chi connectivity index (χ0v) is 20.5. The van der Waals surface area contributed by atoms with Gasteiger partial charge in [-0.15, -0.1) is 0 Å². The first-order chi connectivity index (χ1) is 14.7. The van der Waals surface area contributed by atoms with Gasteiger partial charge in [-0.1, -0.05) is 116 Å². The fourth-order valence-corrected chi connectivity index (χ4v) is 11.9. The number of rotatable bonds is 7. The van der Waals surface area contributed by atoms with Gasteiger partial charge in [0, 0.05) is 5.02 Å². The Kier molecular flexibility index (Phi) is 7.76. The van der Waals surface area contributed by atoms with Crippen molar-refractivity contribution in [3.63, 3.8) is 0 Å². The van der Waals surface area contributed by atoms with Gasteiger partial charge in [0.2, 0.25) is 0 Å². The first-order valence-electron chi connectivity index (χ1n) is 12.5. The third-order valence-corrected chi connectivity index (χ3v) is 14.0. The van der Waals surface area contributed by atoms with Crippen molar-refractivity contribution in [2.24, 2.45) is 11.8 Å². The van der Waals surface area contributed by atoms with E-state index in [-0.39, 0.29) is 0 Å². The van der Waals surface area contributed by atoms with E-state index in [9.17, 15) is 0 Å². The monoisotopic (exact) mass is 438 g/mol. The van der Waals surface area contributed by atoms with Gasteiger partial charge >= 0.3 is 0 Å². The first kappa shape index (κ1) is 22.2. The average Bonchev–Trinajstić information content (AvgIpc) is 2.81.